The average molecular weight is 695 g/mol. The SMILES string of the molecule is C[C]1([Zr]([Cl])([Cl])[CH]2C(c3ccccc3)=Cc3ccccc32)C(c2cc(C(F)(F)F)cc(C(F)(F)F)c2)=Cc2ccccc21. The first-order valence-corrected chi connectivity index (χ1v) is 22.1. The molecule has 0 aliphatic heterocycles. The van der Waals surface area contributed by atoms with Gasteiger partial charge in [0.25, 0.3) is 0 Å². The Morgan fingerprint density at radius 3 is 1.81 bits per heavy atom. The van der Waals surface area contributed by atoms with E-state index in [-0.39, 0.29) is 17.2 Å². The van der Waals surface area contributed by atoms with Crippen LogP contribution in [0.1, 0.15) is 55.1 Å². The van der Waals surface area contributed by atoms with E-state index < -0.39 is 48.1 Å². The molecule has 4 aromatic rings. The topological polar surface area (TPSA) is 0 Å². The van der Waals surface area contributed by atoms with Crippen LogP contribution in [-0.2, 0) is 33.4 Å². The first-order chi connectivity index (χ1) is 19.7. The summed E-state index contributed by atoms with van der Waals surface area (Å²) < 4.78 is 81.9. The van der Waals surface area contributed by atoms with Crippen LogP contribution in [0.5, 0.6) is 0 Å². The number of allylic oxidation sites excluding steroid dienone is 2. The van der Waals surface area contributed by atoms with Gasteiger partial charge in [-0.3, -0.25) is 0 Å². The van der Waals surface area contributed by atoms with Crippen LogP contribution in [0.2, 0.25) is 0 Å². The normalized spacial score (nSPS) is 20.2. The molecule has 0 saturated carbocycles. The standard InChI is InChI=1S/C18H11F6.C15H11.2ClH.Zr/c1-10-15-5-3-2-4-11(15)8-16(10)12-6-13(17(19,20)21)9-14(7-12)18(22,23)24;1-2-6-12(7-3-1)15-10-13-8-4-5-9-14(13)11-15;;;/h2-9H,1H3;1-11H;2*1H;/q;;;;+2/p-2. The number of fused-ring (bicyclic) bond motifs is 2. The monoisotopic (exact) mass is 692 g/mol. The molecule has 2 unspecified atom stereocenters. The molecule has 0 heterocycles. The minimum atomic E-state index is -4.99. The van der Waals surface area contributed by atoms with Gasteiger partial charge in [0.15, 0.2) is 0 Å². The quantitative estimate of drug-likeness (QED) is 0.187. The van der Waals surface area contributed by atoms with Crippen molar-refractivity contribution in [1.82, 2.24) is 0 Å². The molecule has 4 aromatic carbocycles. The summed E-state index contributed by atoms with van der Waals surface area (Å²) in [5, 5.41) is 0. The number of hydrogen-bond acceptors (Lipinski definition) is 0. The average Bonchev–Trinajstić information content (AvgIpc) is 3.50. The van der Waals surface area contributed by atoms with Crippen LogP contribution in [-0.4, -0.2) is 0 Å². The Morgan fingerprint density at radius 2 is 1.19 bits per heavy atom. The predicted octanol–water partition coefficient (Wildman–Crippen LogP) is 11.3. The fraction of sp³-hybridized carbons (Fsp3) is 0.152. The van der Waals surface area contributed by atoms with Gasteiger partial charge in [0.05, 0.1) is 0 Å². The van der Waals surface area contributed by atoms with Crippen molar-refractivity contribution in [3.63, 3.8) is 0 Å². The molecule has 9 heteroatoms. The Morgan fingerprint density at radius 1 is 0.643 bits per heavy atom. The van der Waals surface area contributed by atoms with Crippen molar-refractivity contribution in [3.05, 3.63) is 142 Å². The molecule has 0 fully saturated rings. The van der Waals surface area contributed by atoms with Gasteiger partial charge in [-0.25, -0.2) is 0 Å². The third-order valence-electron chi connectivity index (χ3n) is 8.30. The maximum atomic E-state index is 13.9. The summed E-state index contributed by atoms with van der Waals surface area (Å²) in [7, 11) is 15.5. The summed E-state index contributed by atoms with van der Waals surface area (Å²) in [6.07, 6.45) is -6.30. The number of alkyl halides is 6. The van der Waals surface area contributed by atoms with Crippen molar-refractivity contribution in [2.24, 2.45) is 0 Å². The van der Waals surface area contributed by atoms with Gasteiger partial charge < -0.3 is 0 Å². The van der Waals surface area contributed by atoms with Crippen molar-refractivity contribution in [2.75, 3.05) is 0 Å². The predicted molar refractivity (Wildman–Crippen MR) is 153 cm³/mol. The fourth-order valence-corrected chi connectivity index (χ4v) is 18.9. The molecule has 0 N–H and O–H groups in total. The van der Waals surface area contributed by atoms with E-state index in [1.807, 2.05) is 66.7 Å². The number of benzene rings is 4. The van der Waals surface area contributed by atoms with E-state index in [0.717, 1.165) is 34.4 Å². The zero-order valence-corrected chi connectivity index (χ0v) is 26.0. The summed E-state index contributed by atoms with van der Waals surface area (Å²) in [5.41, 5.74) is 2.29. The third-order valence-corrected chi connectivity index (χ3v) is 23.3. The second-order valence-electron chi connectivity index (χ2n) is 10.7. The summed E-state index contributed by atoms with van der Waals surface area (Å²) in [6.45, 7) is 1.79. The van der Waals surface area contributed by atoms with E-state index in [2.05, 4.69) is 0 Å². The molecule has 2 aliphatic carbocycles. The van der Waals surface area contributed by atoms with Gasteiger partial charge in [-0.15, -0.1) is 0 Å². The van der Waals surface area contributed by atoms with Crippen LogP contribution in [0.25, 0.3) is 23.3 Å². The molecule has 0 radical (unpaired) electrons. The molecule has 42 heavy (non-hydrogen) atoms. The molecular weight excluding hydrogens is 672 g/mol. The molecule has 0 nitrogen and oxygen atoms in total. The molecule has 6 rings (SSSR count). The molecule has 0 saturated heterocycles. The summed E-state index contributed by atoms with van der Waals surface area (Å²) in [6, 6.07) is 26.1. The van der Waals surface area contributed by atoms with Crippen molar-refractivity contribution >= 4 is 40.3 Å². The Kier molecular flexibility index (Phi) is 7.19. The molecule has 214 valence electrons. The third kappa shape index (κ3) is 4.73. The van der Waals surface area contributed by atoms with E-state index in [1.54, 1.807) is 31.2 Å². The van der Waals surface area contributed by atoms with E-state index >= 15 is 0 Å². The fourth-order valence-electron chi connectivity index (χ4n) is 6.25. The molecule has 0 amide bonds. The molecule has 0 spiro atoms. The molecular formula is C33H22Cl2F6Zr. The van der Waals surface area contributed by atoms with Crippen molar-refractivity contribution in [2.45, 2.75) is 26.0 Å². The van der Waals surface area contributed by atoms with Crippen LogP contribution >= 0.6 is 17.0 Å². The van der Waals surface area contributed by atoms with Gasteiger partial charge in [-0.2, -0.15) is 0 Å². The zero-order chi connectivity index (χ0) is 30.1. The van der Waals surface area contributed by atoms with Gasteiger partial charge in [-0.1, -0.05) is 0 Å². The molecule has 0 aromatic heterocycles. The Bertz CT molecular complexity index is 1720. The summed E-state index contributed by atoms with van der Waals surface area (Å²) in [4.78, 5) is 0. The number of halogens is 8. The number of rotatable bonds is 4. The summed E-state index contributed by atoms with van der Waals surface area (Å²) in [5.74, 6) is 0. The first-order valence-electron chi connectivity index (χ1n) is 13.1. The number of hydrogen-bond donors (Lipinski definition) is 0. The van der Waals surface area contributed by atoms with Gasteiger partial charge in [0.2, 0.25) is 0 Å². The Labute approximate surface area is 250 Å². The second kappa shape index (κ2) is 10.2. The van der Waals surface area contributed by atoms with Gasteiger partial charge >= 0.3 is 252 Å². The van der Waals surface area contributed by atoms with E-state index in [1.165, 1.54) is 0 Å². The van der Waals surface area contributed by atoms with Crippen LogP contribution in [0, 0.1) is 0 Å². The molecule has 2 atom stereocenters. The minimum absolute atomic E-state index is 0.144. The Hall–Kier alpha value is -2.60. The van der Waals surface area contributed by atoms with Crippen LogP contribution in [0.15, 0.2) is 97.1 Å². The van der Waals surface area contributed by atoms with E-state index in [4.69, 9.17) is 17.0 Å². The first kappa shape index (κ1) is 29.5. The van der Waals surface area contributed by atoms with Crippen LogP contribution in [0.4, 0.5) is 26.3 Å². The van der Waals surface area contributed by atoms with Gasteiger partial charge in [-0.05, 0) is 0 Å². The van der Waals surface area contributed by atoms with E-state index in [9.17, 15) is 26.3 Å². The van der Waals surface area contributed by atoms with Gasteiger partial charge in [0.1, 0.15) is 0 Å². The van der Waals surface area contributed by atoms with Crippen molar-refractivity contribution in [3.8, 4) is 0 Å². The summed E-state index contributed by atoms with van der Waals surface area (Å²) >= 11 is -4.89. The second-order valence-corrected chi connectivity index (χ2v) is 25.9. The van der Waals surface area contributed by atoms with Crippen LogP contribution < -0.4 is 0 Å². The maximum absolute atomic E-state index is 13.9. The zero-order valence-electron chi connectivity index (χ0n) is 22.0. The molecule has 0 bridgehead atoms. The van der Waals surface area contributed by atoms with Crippen LogP contribution in [0.3, 0.4) is 0 Å². The molecule has 2 aliphatic rings. The van der Waals surface area contributed by atoms with E-state index in [0.29, 0.717) is 11.1 Å². The van der Waals surface area contributed by atoms with Crippen molar-refractivity contribution < 1.29 is 44.2 Å². The van der Waals surface area contributed by atoms with Gasteiger partial charge in [0, 0.05) is 0 Å². The van der Waals surface area contributed by atoms with Crippen molar-refractivity contribution in [1.29, 1.82) is 0 Å². The Balaban J connectivity index is 1.61.